The zero-order valence-corrected chi connectivity index (χ0v) is 15.5. The first kappa shape index (κ1) is 18.2. The van der Waals surface area contributed by atoms with Crippen molar-refractivity contribution in [3.8, 4) is 0 Å². The van der Waals surface area contributed by atoms with Crippen molar-refractivity contribution in [2.24, 2.45) is 7.05 Å². The van der Waals surface area contributed by atoms with Crippen LogP contribution in [0.3, 0.4) is 0 Å². The van der Waals surface area contributed by atoms with Crippen molar-refractivity contribution in [3.05, 3.63) is 52.1 Å². The quantitative estimate of drug-likeness (QED) is 0.830. The first-order valence-corrected chi connectivity index (χ1v) is 9.54. The third-order valence-electron chi connectivity index (χ3n) is 4.28. The summed E-state index contributed by atoms with van der Waals surface area (Å²) in [4.78, 5) is 43.5. The maximum atomic E-state index is 12.6. The molecule has 0 saturated carbocycles. The van der Waals surface area contributed by atoms with Crippen molar-refractivity contribution < 1.29 is 9.59 Å². The van der Waals surface area contributed by atoms with Crippen LogP contribution in [0, 0.1) is 0 Å². The van der Waals surface area contributed by atoms with Crippen molar-refractivity contribution >= 4 is 29.3 Å². The molecule has 0 radical (unpaired) electrons. The van der Waals surface area contributed by atoms with E-state index in [1.807, 2.05) is 6.26 Å². The lowest BCUT2D eigenvalue weighted by Crippen LogP contribution is -2.31. The van der Waals surface area contributed by atoms with Gasteiger partial charge in [-0.1, -0.05) is 0 Å². The highest BCUT2D eigenvalue weighted by Gasteiger charge is 2.22. The lowest BCUT2D eigenvalue weighted by Gasteiger charge is -2.16. The van der Waals surface area contributed by atoms with Gasteiger partial charge in [0.05, 0.1) is 11.1 Å². The maximum absolute atomic E-state index is 12.6. The number of anilines is 1. The van der Waals surface area contributed by atoms with Crippen LogP contribution in [0.25, 0.3) is 0 Å². The summed E-state index contributed by atoms with van der Waals surface area (Å²) in [5.41, 5.74) is 0.489. The van der Waals surface area contributed by atoms with E-state index >= 15 is 0 Å². The molecule has 1 fully saturated rings. The van der Waals surface area contributed by atoms with Gasteiger partial charge in [-0.2, -0.15) is 0 Å². The first-order valence-electron chi connectivity index (χ1n) is 8.31. The third-order valence-corrected chi connectivity index (χ3v) is 4.99. The number of carbonyl (C=O) groups excluding carboxylic acids is 2. The highest BCUT2D eigenvalue weighted by atomic mass is 32.2. The molecule has 1 saturated heterocycles. The number of hydrogen-bond acceptors (Lipinski definition) is 5. The molecule has 1 aliphatic heterocycles. The summed E-state index contributed by atoms with van der Waals surface area (Å²) in [6, 6.07) is 4.77. The summed E-state index contributed by atoms with van der Waals surface area (Å²) in [5.74, 6) is -0.551. The largest absolute Gasteiger partial charge is 0.339 e. The number of nitrogens with zero attached hydrogens (tertiary/aromatic N) is 3. The van der Waals surface area contributed by atoms with Gasteiger partial charge >= 0.3 is 0 Å². The van der Waals surface area contributed by atoms with Crippen LogP contribution >= 0.6 is 11.8 Å². The van der Waals surface area contributed by atoms with Crippen LogP contribution in [0.1, 0.15) is 33.6 Å². The zero-order chi connectivity index (χ0) is 18.7. The lowest BCUT2D eigenvalue weighted by molar-refractivity contribution is 0.0791. The summed E-state index contributed by atoms with van der Waals surface area (Å²) < 4.78 is 1.32. The fraction of sp³-hybridized carbons (Fsp3) is 0.333. The number of nitrogens with one attached hydrogen (secondary N) is 1. The standard InChI is InChI=1S/C18H20N4O3S/c1-21-11-12(17(24)22-8-3-4-9-22)10-14(18(21)25)20-15(23)13-6-5-7-19-16(13)26-2/h5-7,10-11H,3-4,8-9H2,1-2H3,(H,20,23). The number of aromatic nitrogens is 2. The highest BCUT2D eigenvalue weighted by molar-refractivity contribution is 7.98. The van der Waals surface area contributed by atoms with Gasteiger partial charge in [0.25, 0.3) is 17.4 Å². The Bertz CT molecular complexity index is 904. The lowest BCUT2D eigenvalue weighted by atomic mass is 10.2. The minimum absolute atomic E-state index is 0.0819. The Morgan fingerprint density at radius 3 is 2.69 bits per heavy atom. The molecule has 0 unspecified atom stereocenters. The van der Waals surface area contributed by atoms with Gasteiger partial charge < -0.3 is 14.8 Å². The molecule has 8 heteroatoms. The Morgan fingerprint density at radius 1 is 1.27 bits per heavy atom. The van der Waals surface area contributed by atoms with Crippen LogP contribution < -0.4 is 10.9 Å². The minimum atomic E-state index is -0.426. The normalized spacial score (nSPS) is 13.7. The van der Waals surface area contributed by atoms with Crippen LogP contribution in [-0.4, -0.2) is 45.6 Å². The Morgan fingerprint density at radius 2 is 2.00 bits per heavy atom. The number of carbonyl (C=O) groups is 2. The monoisotopic (exact) mass is 372 g/mol. The van der Waals surface area contributed by atoms with Crippen LogP contribution in [0.15, 0.2) is 40.4 Å². The molecule has 3 rings (SSSR count). The first-order chi connectivity index (χ1) is 12.5. The molecule has 1 N–H and O–H groups in total. The summed E-state index contributed by atoms with van der Waals surface area (Å²) in [5, 5.41) is 3.21. The van der Waals surface area contributed by atoms with Crippen molar-refractivity contribution in [3.63, 3.8) is 0 Å². The average Bonchev–Trinajstić information content (AvgIpc) is 3.19. The number of thioether (sulfide) groups is 1. The van der Waals surface area contributed by atoms with Crippen molar-refractivity contribution in [1.29, 1.82) is 0 Å². The number of amides is 2. The van der Waals surface area contributed by atoms with Crippen LogP contribution in [0.2, 0.25) is 0 Å². The molecule has 0 atom stereocenters. The number of hydrogen-bond donors (Lipinski definition) is 1. The zero-order valence-electron chi connectivity index (χ0n) is 14.7. The van der Waals surface area contributed by atoms with Gasteiger partial charge in [0.1, 0.15) is 10.7 Å². The van der Waals surface area contributed by atoms with Gasteiger partial charge in [0.15, 0.2) is 0 Å². The van der Waals surface area contributed by atoms with E-state index in [2.05, 4.69) is 10.3 Å². The number of rotatable bonds is 4. The number of aryl methyl sites for hydroxylation is 1. The molecule has 2 aromatic heterocycles. The second kappa shape index (κ2) is 7.74. The molecule has 7 nitrogen and oxygen atoms in total. The molecule has 1 aliphatic rings. The second-order valence-electron chi connectivity index (χ2n) is 6.07. The third kappa shape index (κ3) is 3.65. The Kier molecular flexibility index (Phi) is 5.41. The SMILES string of the molecule is CSc1ncccc1C(=O)Nc1cc(C(=O)N2CCCC2)cn(C)c1=O. The van der Waals surface area contributed by atoms with Crippen molar-refractivity contribution in [2.45, 2.75) is 17.9 Å². The van der Waals surface area contributed by atoms with E-state index in [1.165, 1.54) is 28.6 Å². The van der Waals surface area contributed by atoms with Crippen LogP contribution in [0.5, 0.6) is 0 Å². The predicted octanol–water partition coefficient (Wildman–Crippen LogP) is 1.99. The molecular weight excluding hydrogens is 352 g/mol. The van der Waals surface area contributed by atoms with E-state index in [0.717, 1.165) is 25.9 Å². The molecule has 0 spiro atoms. The second-order valence-corrected chi connectivity index (χ2v) is 6.87. The van der Waals surface area contributed by atoms with Crippen molar-refractivity contribution in [2.75, 3.05) is 24.7 Å². The maximum Gasteiger partial charge on any atom is 0.274 e. The van der Waals surface area contributed by atoms with E-state index in [-0.39, 0.29) is 17.2 Å². The van der Waals surface area contributed by atoms with Gasteiger partial charge in [-0.15, -0.1) is 11.8 Å². The van der Waals surface area contributed by atoms with Crippen LogP contribution in [-0.2, 0) is 7.05 Å². The Hall–Kier alpha value is -2.61. The molecule has 2 amide bonds. The predicted molar refractivity (Wildman–Crippen MR) is 101 cm³/mol. The van der Waals surface area contributed by atoms with Crippen molar-refractivity contribution in [1.82, 2.24) is 14.5 Å². The van der Waals surface area contributed by atoms with E-state index in [4.69, 9.17) is 0 Å². The summed E-state index contributed by atoms with van der Waals surface area (Å²) in [6.45, 7) is 1.44. The Balaban J connectivity index is 1.91. The van der Waals surface area contributed by atoms with Gasteiger partial charge in [0, 0.05) is 32.5 Å². The summed E-state index contributed by atoms with van der Waals surface area (Å²) in [7, 11) is 1.57. The summed E-state index contributed by atoms with van der Waals surface area (Å²) >= 11 is 1.35. The molecule has 0 aromatic carbocycles. The molecule has 26 heavy (non-hydrogen) atoms. The van der Waals surface area contributed by atoms with Gasteiger partial charge in [-0.25, -0.2) is 4.98 Å². The molecular formula is C18H20N4O3S. The number of pyridine rings is 2. The highest BCUT2D eigenvalue weighted by Crippen LogP contribution is 2.19. The van der Waals surface area contributed by atoms with E-state index in [9.17, 15) is 14.4 Å². The molecule has 3 heterocycles. The number of likely N-dealkylation sites (tertiary alicyclic amines) is 1. The van der Waals surface area contributed by atoms with E-state index < -0.39 is 5.91 Å². The minimum Gasteiger partial charge on any atom is -0.339 e. The fourth-order valence-electron chi connectivity index (χ4n) is 2.94. The molecule has 0 bridgehead atoms. The fourth-order valence-corrected chi connectivity index (χ4v) is 3.48. The van der Waals surface area contributed by atoms with E-state index in [1.54, 1.807) is 30.3 Å². The van der Waals surface area contributed by atoms with Crippen LogP contribution in [0.4, 0.5) is 5.69 Å². The Labute approximate surface area is 155 Å². The molecule has 0 aliphatic carbocycles. The topological polar surface area (TPSA) is 84.3 Å². The molecule has 136 valence electrons. The molecule has 2 aromatic rings. The van der Waals surface area contributed by atoms with E-state index in [0.29, 0.717) is 16.2 Å². The van der Waals surface area contributed by atoms with Gasteiger partial charge in [0.2, 0.25) is 0 Å². The average molecular weight is 372 g/mol. The van der Waals surface area contributed by atoms with Gasteiger partial charge in [-0.3, -0.25) is 14.4 Å². The summed E-state index contributed by atoms with van der Waals surface area (Å²) in [6.07, 6.45) is 6.92. The van der Waals surface area contributed by atoms with Gasteiger partial charge in [-0.05, 0) is 37.3 Å². The smallest absolute Gasteiger partial charge is 0.274 e.